The van der Waals surface area contributed by atoms with Crippen LogP contribution in [0.1, 0.15) is 26.3 Å². The summed E-state index contributed by atoms with van der Waals surface area (Å²) >= 11 is 6.07. The molecule has 19 heavy (non-hydrogen) atoms. The summed E-state index contributed by atoms with van der Waals surface area (Å²) in [5.41, 5.74) is 6.42. The first-order valence-corrected chi connectivity index (χ1v) is 6.75. The highest BCUT2D eigenvalue weighted by atomic mass is 35.5. The van der Waals surface area contributed by atoms with Gasteiger partial charge in [0.15, 0.2) is 6.10 Å². The van der Waals surface area contributed by atoms with Crippen molar-refractivity contribution >= 4 is 17.5 Å². The number of para-hydroxylation sites is 1. The maximum Gasteiger partial charge on any atom is 0.260 e. The van der Waals surface area contributed by atoms with E-state index in [2.05, 4.69) is 5.32 Å². The standard InChI is InChI=1S/C14H21ClN2O2/c1-9(2)8-17-14(18)10(3)19-13-11(7-16)5-4-6-12(13)15/h4-6,9-10H,7-8,16H2,1-3H3,(H,17,18). The summed E-state index contributed by atoms with van der Waals surface area (Å²) in [5.74, 6) is 0.728. The summed E-state index contributed by atoms with van der Waals surface area (Å²) in [5, 5.41) is 3.29. The van der Waals surface area contributed by atoms with Crippen LogP contribution in [-0.4, -0.2) is 18.6 Å². The number of carbonyl (C=O) groups is 1. The number of ether oxygens (including phenoxy) is 1. The van der Waals surface area contributed by atoms with Crippen molar-refractivity contribution in [1.82, 2.24) is 5.32 Å². The largest absolute Gasteiger partial charge is 0.479 e. The summed E-state index contributed by atoms with van der Waals surface area (Å²) in [6.07, 6.45) is -0.607. The lowest BCUT2D eigenvalue weighted by molar-refractivity contribution is -0.127. The Hall–Kier alpha value is -1.26. The number of rotatable bonds is 6. The molecule has 0 heterocycles. The summed E-state index contributed by atoms with van der Waals surface area (Å²) in [6.45, 7) is 6.70. The van der Waals surface area contributed by atoms with E-state index in [0.717, 1.165) is 5.56 Å². The summed E-state index contributed by atoms with van der Waals surface area (Å²) in [7, 11) is 0. The second kappa shape index (κ2) is 7.36. The minimum Gasteiger partial charge on any atom is -0.479 e. The smallest absolute Gasteiger partial charge is 0.260 e. The Bertz CT molecular complexity index is 435. The van der Waals surface area contributed by atoms with Crippen molar-refractivity contribution < 1.29 is 9.53 Å². The molecule has 1 atom stereocenters. The zero-order chi connectivity index (χ0) is 14.4. The van der Waals surface area contributed by atoms with Gasteiger partial charge in [0.2, 0.25) is 0 Å². The highest BCUT2D eigenvalue weighted by Gasteiger charge is 2.17. The normalized spacial score (nSPS) is 12.3. The number of hydrogen-bond acceptors (Lipinski definition) is 3. The summed E-state index contributed by atoms with van der Waals surface area (Å²) < 4.78 is 5.64. The zero-order valence-corrected chi connectivity index (χ0v) is 12.3. The molecule has 1 aromatic rings. The first-order valence-electron chi connectivity index (χ1n) is 6.37. The molecular formula is C14H21ClN2O2. The van der Waals surface area contributed by atoms with E-state index in [9.17, 15) is 4.79 Å². The molecule has 0 saturated carbocycles. The third-order valence-electron chi connectivity index (χ3n) is 2.62. The Morgan fingerprint density at radius 1 is 1.42 bits per heavy atom. The Kier molecular flexibility index (Phi) is 6.12. The van der Waals surface area contributed by atoms with Crippen molar-refractivity contribution in [2.75, 3.05) is 6.54 Å². The number of halogens is 1. The van der Waals surface area contributed by atoms with Crippen LogP contribution in [0.25, 0.3) is 0 Å². The lowest BCUT2D eigenvalue weighted by atomic mass is 10.2. The molecule has 1 aromatic carbocycles. The molecule has 1 rings (SSSR count). The molecule has 5 heteroatoms. The molecule has 0 aromatic heterocycles. The number of carbonyl (C=O) groups excluding carboxylic acids is 1. The molecule has 0 saturated heterocycles. The van der Waals surface area contributed by atoms with Gasteiger partial charge < -0.3 is 15.8 Å². The average Bonchev–Trinajstić information content (AvgIpc) is 2.37. The highest BCUT2D eigenvalue weighted by molar-refractivity contribution is 6.32. The Balaban J connectivity index is 2.71. The molecule has 1 amide bonds. The molecule has 0 spiro atoms. The average molecular weight is 285 g/mol. The van der Waals surface area contributed by atoms with Gasteiger partial charge in [0.1, 0.15) is 5.75 Å². The number of nitrogens with two attached hydrogens (primary N) is 1. The van der Waals surface area contributed by atoms with Crippen LogP contribution < -0.4 is 15.8 Å². The van der Waals surface area contributed by atoms with E-state index in [0.29, 0.717) is 29.8 Å². The van der Waals surface area contributed by atoms with Gasteiger partial charge in [-0.3, -0.25) is 4.79 Å². The zero-order valence-electron chi connectivity index (χ0n) is 11.6. The Labute approximate surface area is 119 Å². The second-order valence-electron chi connectivity index (χ2n) is 4.83. The van der Waals surface area contributed by atoms with Crippen molar-refractivity contribution in [3.8, 4) is 5.75 Å². The minimum absolute atomic E-state index is 0.156. The first kappa shape index (κ1) is 15.8. The van der Waals surface area contributed by atoms with Gasteiger partial charge in [0.05, 0.1) is 5.02 Å². The van der Waals surface area contributed by atoms with Crippen molar-refractivity contribution in [3.63, 3.8) is 0 Å². The SMILES string of the molecule is CC(C)CNC(=O)C(C)Oc1c(Cl)cccc1CN. The van der Waals surface area contributed by atoms with Crippen LogP contribution in [0.15, 0.2) is 18.2 Å². The van der Waals surface area contributed by atoms with Gasteiger partial charge in [-0.15, -0.1) is 0 Å². The lowest BCUT2D eigenvalue weighted by Gasteiger charge is -2.18. The van der Waals surface area contributed by atoms with Crippen LogP contribution >= 0.6 is 11.6 Å². The van der Waals surface area contributed by atoms with Gasteiger partial charge in [-0.05, 0) is 18.9 Å². The van der Waals surface area contributed by atoms with Crippen molar-refractivity contribution in [2.45, 2.75) is 33.4 Å². The van der Waals surface area contributed by atoms with Gasteiger partial charge in [0.25, 0.3) is 5.91 Å². The molecule has 0 radical (unpaired) electrons. The van der Waals surface area contributed by atoms with Gasteiger partial charge in [-0.1, -0.05) is 37.6 Å². The predicted octanol–water partition coefficient (Wildman–Crippen LogP) is 2.34. The van der Waals surface area contributed by atoms with Crippen molar-refractivity contribution in [3.05, 3.63) is 28.8 Å². The van der Waals surface area contributed by atoms with E-state index in [1.165, 1.54) is 0 Å². The molecule has 0 bridgehead atoms. The molecule has 106 valence electrons. The van der Waals surface area contributed by atoms with E-state index in [-0.39, 0.29) is 5.91 Å². The maximum absolute atomic E-state index is 11.9. The van der Waals surface area contributed by atoms with Crippen LogP contribution in [0.5, 0.6) is 5.75 Å². The van der Waals surface area contributed by atoms with Crippen molar-refractivity contribution in [2.24, 2.45) is 11.7 Å². The van der Waals surface area contributed by atoms with Gasteiger partial charge in [-0.25, -0.2) is 0 Å². The van der Waals surface area contributed by atoms with E-state index in [1.54, 1.807) is 19.1 Å². The van der Waals surface area contributed by atoms with E-state index in [4.69, 9.17) is 22.1 Å². The topological polar surface area (TPSA) is 64.3 Å². The molecule has 3 N–H and O–H groups in total. The summed E-state index contributed by atoms with van der Waals surface area (Å²) in [6, 6.07) is 5.36. The Morgan fingerprint density at radius 2 is 2.11 bits per heavy atom. The second-order valence-corrected chi connectivity index (χ2v) is 5.24. The molecule has 0 fully saturated rings. The Morgan fingerprint density at radius 3 is 2.68 bits per heavy atom. The van der Waals surface area contributed by atoms with Gasteiger partial charge in [-0.2, -0.15) is 0 Å². The van der Waals surface area contributed by atoms with Crippen LogP contribution in [0.2, 0.25) is 5.02 Å². The maximum atomic E-state index is 11.9. The molecule has 0 aliphatic carbocycles. The lowest BCUT2D eigenvalue weighted by Crippen LogP contribution is -2.38. The molecule has 1 unspecified atom stereocenters. The van der Waals surface area contributed by atoms with Gasteiger partial charge in [0, 0.05) is 18.7 Å². The minimum atomic E-state index is -0.607. The molecule has 0 aliphatic rings. The van der Waals surface area contributed by atoms with E-state index in [1.807, 2.05) is 19.9 Å². The quantitative estimate of drug-likeness (QED) is 0.843. The number of hydrogen-bond donors (Lipinski definition) is 2. The van der Waals surface area contributed by atoms with Crippen LogP contribution in [0, 0.1) is 5.92 Å². The van der Waals surface area contributed by atoms with Crippen LogP contribution in [-0.2, 0) is 11.3 Å². The van der Waals surface area contributed by atoms with Crippen LogP contribution in [0.3, 0.4) is 0 Å². The number of amides is 1. The fraction of sp³-hybridized carbons (Fsp3) is 0.500. The fourth-order valence-corrected chi connectivity index (χ4v) is 1.76. The van der Waals surface area contributed by atoms with Crippen molar-refractivity contribution in [1.29, 1.82) is 0 Å². The van der Waals surface area contributed by atoms with Crippen LogP contribution in [0.4, 0.5) is 0 Å². The monoisotopic (exact) mass is 284 g/mol. The number of nitrogens with one attached hydrogen (secondary N) is 1. The van der Waals surface area contributed by atoms with Gasteiger partial charge >= 0.3 is 0 Å². The van der Waals surface area contributed by atoms with E-state index >= 15 is 0 Å². The highest BCUT2D eigenvalue weighted by Crippen LogP contribution is 2.29. The number of benzene rings is 1. The third kappa shape index (κ3) is 4.73. The predicted molar refractivity (Wildman–Crippen MR) is 77.3 cm³/mol. The molecule has 4 nitrogen and oxygen atoms in total. The third-order valence-corrected chi connectivity index (χ3v) is 2.91. The molecule has 0 aliphatic heterocycles. The fourth-order valence-electron chi connectivity index (χ4n) is 1.52. The van der Waals surface area contributed by atoms with E-state index < -0.39 is 6.10 Å². The summed E-state index contributed by atoms with van der Waals surface area (Å²) in [4.78, 5) is 11.9. The molecular weight excluding hydrogens is 264 g/mol. The first-order chi connectivity index (χ1) is 8.95.